The van der Waals surface area contributed by atoms with E-state index in [0.29, 0.717) is 5.89 Å². The molecule has 0 unspecified atom stereocenters. The predicted octanol–water partition coefficient (Wildman–Crippen LogP) is 2.16. The molecule has 2 aromatic rings. The van der Waals surface area contributed by atoms with E-state index in [9.17, 15) is 0 Å². The first-order valence-electron chi connectivity index (χ1n) is 4.51. The zero-order valence-electron chi connectivity index (χ0n) is 8.16. The summed E-state index contributed by atoms with van der Waals surface area (Å²) >= 11 is 3.95. The lowest BCUT2D eigenvalue weighted by Gasteiger charge is -1.90. The SMILES string of the molecule is CNCCc1noc(-c2csc(I)c2)n1. The highest BCUT2D eigenvalue weighted by atomic mass is 127. The second-order valence-corrected chi connectivity index (χ2v) is 5.81. The number of nitrogens with zero attached hydrogens (tertiary/aromatic N) is 2. The van der Waals surface area contributed by atoms with Crippen molar-refractivity contribution in [2.45, 2.75) is 6.42 Å². The van der Waals surface area contributed by atoms with E-state index in [1.165, 1.54) is 2.88 Å². The van der Waals surface area contributed by atoms with Crippen LogP contribution in [-0.2, 0) is 6.42 Å². The van der Waals surface area contributed by atoms with Crippen LogP contribution in [0.4, 0.5) is 0 Å². The Hall–Kier alpha value is -0.470. The standard InChI is InChI=1S/C9H10IN3OS/c1-11-3-2-8-12-9(14-13-8)6-4-7(10)15-5-6/h4-5,11H,2-3H2,1H3. The second-order valence-electron chi connectivity index (χ2n) is 3.01. The van der Waals surface area contributed by atoms with Gasteiger partial charge in [-0.15, -0.1) is 11.3 Å². The van der Waals surface area contributed by atoms with Crippen LogP contribution in [-0.4, -0.2) is 23.7 Å². The van der Waals surface area contributed by atoms with Gasteiger partial charge in [-0.3, -0.25) is 0 Å². The van der Waals surface area contributed by atoms with Gasteiger partial charge in [0, 0.05) is 18.3 Å². The maximum Gasteiger partial charge on any atom is 0.258 e. The lowest BCUT2D eigenvalue weighted by molar-refractivity contribution is 0.422. The molecule has 0 aliphatic heterocycles. The van der Waals surface area contributed by atoms with E-state index in [2.05, 4.69) is 38.0 Å². The third kappa shape index (κ3) is 2.76. The number of likely N-dealkylation sites (N-methyl/N-ethyl adjacent to an activating group) is 1. The molecule has 80 valence electrons. The van der Waals surface area contributed by atoms with Gasteiger partial charge in [0.05, 0.1) is 8.45 Å². The first-order chi connectivity index (χ1) is 7.29. The van der Waals surface area contributed by atoms with Crippen molar-refractivity contribution in [2.24, 2.45) is 0 Å². The summed E-state index contributed by atoms with van der Waals surface area (Å²) in [7, 11) is 1.90. The average Bonchev–Trinajstić information content (AvgIpc) is 2.83. The predicted molar refractivity (Wildman–Crippen MR) is 68.0 cm³/mol. The molecule has 15 heavy (non-hydrogen) atoms. The number of aromatic nitrogens is 2. The fourth-order valence-electron chi connectivity index (χ4n) is 1.13. The molecule has 6 heteroatoms. The molecule has 0 aliphatic carbocycles. The maximum absolute atomic E-state index is 5.18. The number of rotatable bonds is 4. The molecule has 1 N–H and O–H groups in total. The van der Waals surface area contributed by atoms with E-state index in [4.69, 9.17) is 4.52 Å². The minimum absolute atomic E-state index is 0.611. The summed E-state index contributed by atoms with van der Waals surface area (Å²) in [5.74, 6) is 1.36. The zero-order valence-corrected chi connectivity index (χ0v) is 11.1. The van der Waals surface area contributed by atoms with Crippen molar-refractivity contribution in [1.82, 2.24) is 15.5 Å². The Balaban J connectivity index is 2.13. The second kappa shape index (κ2) is 5.04. The molecule has 0 aliphatic rings. The molecular weight excluding hydrogens is 325 g/mol. The Morgan fingerprint density at radius 2 is 2.47 bits per heavy atom. The highest BCUT2D eigenvalue weighted by Crippen LogP contribution is 2.25. The van der Waals surface area contributed by atoms with Gasteiger partial charge < -0.3 is 9.84 Å². The monoisotopic (exact) mass is 335 g/mol. The molecule has 0 saturated heterocycles. The lowest BCUT2D eigenvalue weighted by Crippen LogP contribution is -2.10. The van der Waals surface area contributed by atoms with Gasteiger partial charge in [-0.1, -0.05) is 5.16 Å². The quantitative estimate of drug-likeness (QED) is 0.870. The Bertz CT molecular complexity index is 440. The van der Waals surface area contributed by atoms with E-state index in [1.807, 2.05) is 18.5 Å². The Morgan fingerprint density at radius 3 is 3.13 bits per heavy atom. The number of halogens is 1. The van der Waals surface area contributed by atoms with Gasteiger partial charge in [0.1, 0.15) is 0 Å². The minimum atomic E-state index is 0.611. The van der Waals surface area contributed by atoms with Crippen LogP contribution >= 0.6 is 33.9 Å². The molecule has 2 rings (SSSR count). The summed E-state index contributed by atoms with van der Waals surface area (Å²) in [4.78, 5) is 4.32. The largest absolute Gasteiger partial charge is 0.334 e. The summed E-state index contributed by atoms with van der Waals surface area (Å²) < 4.78 is 6.40. The van der Waals surface area contributed by atoms with Gasteiger partial charge in [0.2, 0.25) is 0 Å². The van der Waals surface area contributed by atoms with E-state index in [1.54, 1.807) is 11.3 Å². The first-order valence-corrected chi connectivity index (χ1v) is 6.47. The smallest absolute Gasteiger partial charge is 0.258 e. The van der Waals surface area contributed by atoms with E-state index < -0.39 is 0 Å². The molecular formula is C9H10IN3OS. The number of nitrogens with one attached hydrogen (secondary N) is 1. The summed E-state index contributed by atoms with van der Waals surface area (Å²) in [6.07, 6.45) is 0.793. The van der Waals surface area contributed by atoms with Crippen molar-refractivity contribution < 1.29 is 4.52 Å². The normalized spacial score (nSPS) is 10.8. The summed E-state index contributed by atoms with van der Waals surface area (Å²) in [6.45, 7) is 0.861. The summed E-state index contributed by atoms with van der Waals surface area (Å²) in [5, 5.41) is 8.99. The van der Waals surface area contributed by atoms with Crippen LogP contribution in [0.15, 0.2) is 16.0 Å². The molecule has 2 aromatic heterocycles. The number of hydrogen-bond acceptors (Lipinski definition) is 5. The molecule has 0 spiro atoms. The third-order valence-electron chi connectivity index (χ3n) is 1.88. The fourth-order valence-corrected chi connectivity index (χ4v) is 2.45. The lowest BCUT2D eigenvalue weighted by atomic mass is 10.3. The Kier molecular flexibility index (Phi) is 3.71. The fraction of sp³-hybridized carbons (Fsp3) is 0.333. The molecule has 0 radical (unpaired) electrons. The third-order valence-corrected chi connectivity index (χ3v) is 3.67. The van der Waals surface area contributed by atoms with Crippen molar-refractivity contribution in [3.63, 3.8) is 0 Å². The summed E-state index contributed by atoms with van der Waals surface area (Å²) in [5.41, 5.74) is 1.01. The minimum Gasteiger partial charge on any atom is -0.334 e. The van der Waals surface area contributed by atoms with Crippen molar-refractivity contribution in [2.75, 3.05) is 13.6 Å². The first kappa shape index (κ1) is 11.0. The van der Waals surface area contributed by atoms with Crippen molar-refractivity contribution in [1.29, 1.82) is 0 Å². The van der Waals surface area contributed by atoms with Crippen LogP contribution < -0.4 is 5.32 Å². The van der Waals surface area contributed by atoms with Gasteiger partial charge in [-0.05, 0) is 35.7 Å². The van der Waals surface area contributed by atoms with E-state index >= 15 is 0 Å². The average molecular weight is 335 g/mol. The topological polar surface area (TPSA) is 51.0 Å². The Morgan fingerprint density at radius 1 is 1.60 bits per heavy atom. The van der Waals surface area contributed by atoms with Gasteiger partial charge in [0.15, 0.2) is 5.82 Å². The maximum atomic E-state index is 5.18. The zero-order chi connectivity index (χ0) is 10.7. The molecule has 0 fully saturated rings. The van der Waals surface area contributed by atoms with Crippen LogP contribution in [0.3, 0.4) is 0 Å². The van der Waals surface area contributed by atoms with Crippen LogP contribution in [0.2, 0.25) is 0 Å². The van der Waals surface area contributed by atoms with Gasteiger partial charge in [-0.2, -0.15) is 4.98 Å². The molecule has 0 aromatic carbocycles. The number of thiophene rings is 1. The molecule has 2 heterocycles. The highest BCUT2D eigenvalue weighted by molar-refractivity contribution is 14.1. The van der Waals surface area contributed by atoms with Crippen molar-refractivity contribution in [3.05, 3.63) is 20.2 Å². The van der Waals surface area contributed by atoms with Crippen molar-refractivity contribution >= 4 is 33.9 Å². The van der Waals surface area contributed by atoms with Crippen LogP contribution in [0, 0.1) is 2.88 Å². The van der Waals surface area contributed by atoms with Crippen LogP contribution in [0.5, 0.6) is 0 Å². The molecule has 4 nitrogen and oxygen atoms in total. The van der Waals surface area contributed by atoms with Crippen molar-refractivity contribution in [3.8, 4) is 11.5 Å². The van der Waals surface area contributed by atoms with E-state index in [0.717, 1.165) is 24.4 Å². The molecule has 0 saturated carbocycles. The van der Waals surface area contributed by atoms with Gasteiger partial charge in [0.25, 0.3) is 5.89 Å². The molecule has 0 amide bonds. The van der Waals surface area contributed by atoms with Gasteiger partial charge in [-0.25, -0.2) is 0 Å². The van der Waals surface area contributed by atoms with Crippen LogP contribution in [0.1, 0.15) is 5.82 Å². The molecule has 0 bridgehead atoms. The number of hydrogen-bond donors (Lipinski definition) is 1. The van der Waals surface area contributed by atoms with Gasteiger partial charge >= 0.3 is 0 Å². The van der Waals surface area contributed by atoms with E-state index in [-0.39, 0.29) is 0 Å². The molecule has 0 atom stereocenters. The van der Waals surface area contributed by atoms with Crippen LogP contribution in [0.25, 0.3) is 11.5 Å². The summed E-state index contributed by atoms with van der Waals surface area (Å²) in [6, 6.07) is 2.04. The Labute approximate surface area is 105 Å². The highest BCUT2D eigenvalue weighted by Gasteiger charge is 2.09.